The van der Waals surface area contributed by atoms with Crippen LogP contribution in [0.2, 0.25) is 19.6 Å². The van der Waals surface area contributed by atoms with Gasteiger partial charge in [-0.2, -0.15) is 11.3 Å². The number of pyridine rings is 2. The van der Waals surface area contributed by atoms with Gasteiger partial charge in [-0.3, -0.25) is 0 Å². The van der Waals surface area contributed by atoms with Crippen LogP contribution in [0.25, 0.3) is 53.8 Å². The van der Waals surface area contributed by atoms with Crippen LogP contribution < -0.4 is 5.19 Å². The van der Waals surface area contributed by atoms with Crippen LogP contribution in [-0.4, -0.2) is 18.0 Å². The predicted molar refractivity (Wildman–Crippen MR) is 204 cm³/mol. The molecule has 1 saturated carbocycles. The van der Waals surface area contributed by atoms with Gasteiger partial charge in [0.2, 0.25) is 0 Å². The van der Waals surface area contributed by atoms with Crippen molar-refractivity contribution in [2.45, 2.75) is 57.6 Å². The van der Waals surface area contributed by atoms with E-state index >= 15 is 0 Å². The molecule has 0 bridgehead atoms. The summed E-state index contributed by atoms with van der Waals surface area (Å²) >= 11 is 1.81. The summed E-state index contributed by atoms with van der Waals surface area (Å²) in [6.45, 7) is 7.00. The second kappa shape index (κ2) is 15.2. The second-order valence-corrected chi connectivity index (χ2v) is 19.5. The van der Waals surface area contributed by atoms with E-state index in [-0.39, 0.29) is 20.1 Å². The molecule has 1 radical (unpaired) electrons. The van der Waals surface area contributed by atoms with Gasteiger partial charge in [0.15, 0.2) is 0 Å². The first-order valence-corrected chi connectivity index (χ1v) is 20.9. The summed E-state index contributed by atoms with van der Waals surface area (Å²) < 4.78 is 11.5. The maximum Gasteiger partial charge on any atom is 0.0795 e. The summed E-state index contributed by atoms with van der Waals surface area (Å²) in [7, 11) is -1.23. The Balaban J connectivity index is 0.000000208. The summed E-state index contributed by atoms with van der Waals surface area (Å²) in [5.41, 5.74) is 7.61. The van der Waals surface area contributed by atoms with Crippen molar-refractivity contribution < 1.29 is 21.5 Å². The Kier molecular flexibility index (Phi) is 10.4. The molecule has 48 heavy (non-hydrogen) atoms. The van der Waals surface area contributed by atoms with Gasteiger partial charge in [-0.05, 0) is 68.7 Å². The summed E-state index contributed by atoms with van der Waals surface area (Å²) in [4.78, 5) is 9.23. The average molecular weight is 838 g/mol. The number of hydrogen-bond donors (Lipinski definition) is 0. The van der Waals surface area contributed by atoms with Crippen molar-refractivity contribution in [3.8, 4) is 33.6 Å². The molecular formula is C43H40IrN2SSi-2. The van der Waals surface area contributed by atoms with Crippen LogP contribution in [-0.2, 0) is 20.1 Å². The molecule has 7 aromatic rings. The number of benzene rings is 4. The van der Waals surface area contributed by atoms with Crippen LogP contribution in [0.5, 0.6) is 0 Å². The van der Waals surface area contributed by atoms with Crippen molar-refractivity contribution in [1.82, 2.24) is 9.97 Å². The van der Waals surface area contributed by atoms with Crippen LogP contribution in [0.3, 0.4) is 0 Å². The van der Waals surface area contributed by atoms with Gasteiger partial charge in [-0.15, -0.1) is 59.7 Å². The molecule has 243 valence electrons. The van der Waals surface area contributed by atoms with E-state index < -0.39 is 14.0 Å². The summed E-state index contributed by atoms with van der Waals surface area (Å²) in [6.07, 6.45) is 9.31. The molecule has 0 aliphatic heterocycles. The van der Waals surface area contributed by atoms with E-state index in [2.05, 4.69) is 110 Å². The van der Waals surface area contributed by atoms with Gasteiger partial charge in [-0.1, -0.05) is 111 Å². The minimum absolute atomic E-state index is 0. The third kappa shape index (κ3) is 7.61. The Morgan fingerprint density at radius 3 is 2.27 bits per heavy atom. The first-order chi connectivity index (χ1) is 23.3. The van der Waals surface area contributed by atoms with Gasteiger partial charge in [-0.25, -0.2) is 0 Å². The van der Waals surface area contributed by atoms with Gasteiger partial charge in [0.05, 0.1) is 8.07 Å². The van der Waals surface area contributed by atoms with Crippen LogP contribution in [0, 0.1) is 12.1 Å². The molecule has 4 aromatic carbocycles. The normalized spacial score (nSPS) is 14.4. The van der Waals surface area contributed by atoms with Crippen LogP contribution in [0.4, 0.5) is 0 Å². The molecule has 0 N–H and O–H groups in total. The number of hydrogen-bond acceptors (Lipinski definition) is 3. The number of rotatable bonds is 5. The standard InChI is InChI=1S/C29H24NS.C14H16NSi.Ir/c1-3-8-20(9-4-1)22-14-15-24-25-12-7-13-26(29(25)31-28(24)19-22)27-18-23(16-17-30-27)21-10-5-2-6-11-21;1-16(2,3)13-9-10-14(15-11-13)12-7-5-4-6-8-12;/h1,3-4,7-9,12,14-19,21H,2,5-6,10-11H2;4-7,9-11H,1-3H3;/q2*-1;/i21D;;. The quantitative estimate of drug-likeness (QED) is 0.127. The molecule has 5 heteroatoms. The van der Waals surface area contributed by atoms with Crippen molar-refractivity contribution in [3.05, 3.63) is 139 Å². The summed E-state index contributed by atoms with van der Waals surface area (Å²) in [6, 6.07) is 44.6. The molecule has 3 heterocycles. The first-order valence-electron chi connectivity index (χ1n) is 17.1. The molecule has 0 amide bonds. The third-order valence-corrected chi connectivity index (χ3v) is 12.2. The molecule has 0 atom stereocenters. The molecule has 3 aromatic heterocycles. The zero-order valence-corrected chi connectivity index (χ0v) is 31.9. The van der Waals surface area contributed by atoms with Crippen LogP contribution >= 0.6 is 11.3 Å². The molecule has 0 spiro atoms. The minimum Gasteiger partial charge on any atom is -0.305 e. The molecule has 1 fully saturated rings. The Labute approximate surface area is 305 Å². The summed E-state index contributed by atoms with van der Waals surface area (Å²) in [5, 5.41) is 3.93. The van der Waals surface area contributed by atoms with E-state index in [0.717, 1.165) is 53.8 Å². The molecule has 8 rings (SSSR count). The Hall–Kier alpha value is -3.73. The maximum atomic E-state index is 9.04. The van der Waals surface area contributed by atoms with Gasteiger partial charge in [0, 0.05) is 38.6 Å². The zero-order valence-electron chi connectivity index (χ0n) is 28.7. The third-order valence-electron chi connectivity index (χ3n) is 9.04. The van der Waals surface area contributed by atoms with Gasteiger partial charge in [0.25, 0.3) is 0 Å². The minimum atomic E-state index is -1.23. The molecular weight excluding hydrogens is 797 g/mol. The molecule has 1 aliphatic carbocycles. The van der Waals surface area contributed by atoms with Crippen LogP contribution in [0.15, 0.2) is 122 Å². The van der Waals surface area contributed by atoms with Crippen molar-refractivity contribution >= 4 is 44.8 Å². The monoisotopic (exact) mass is 838 g/mol. The van der Waals surface area contributed by atoms with E-state index in [4.69, 9.17) is 6.35 Å². The zero-order chi connectivity index (χ0) is 33.1. The van der Waals surface area contributed by atoms with Crippen molar-refractivity contribution in [1.29, 1.82) is 0 Å². The van der Waals surface area contributed by atoms with E-state index in [0.29, 0.717) is 0 Å². The molecule has 0 saturated heterocycles. The SMILES string of the molecule is C[Si](C)(C)c1ccc(-c2[c-]cccc2)nc1.[2H]C1(c2ccnc(-c3[c-]ccc4c3sc3cc(-c5ccccc5)ccc34)c2)CCCCC1.[Ir]. The van der Waals surface area contributed by atoms with Crippen molar-refractivity contribution in [3.63, 3.8) is 0 Å². The molecule has 2 nitrogen and oxygen atoms in total. The average Bonchev–Trinajstić information content (AvgIpc) is 3.51. The first kappa shape index (κ1) is 32.8. The van der Waals surface area contributed by atoms with Gasteiger partial charge >= 0.3 is 0 Å². The fraction of sp³-hybridized carbons (Fsp3) is 0.209. The Bertz CT molecular complexity index is 2150. The smallest absolute Gasteiger partial charge is 0.0795 e. The molecule has 0 unspecified atom stereocenters. The van der Waals surface area contributed by atoms with Crippen molar-refractivity contribution in [2.75, 3.05) is 0 Å². The number of aromatic nitrogens is 2. The number of thiophene rings is 1. The number of fused-ring (bicyclic) bond motifs is 3. The second-order valence-electron chi connectivity index (χ2n) is 13.3. The maximum absolute atomic E-state index is 9.04. The summed E-state index contributed by atoms with van der Waals surface area (Å²) in [5.74, 6) is -0.478. The van der Waals surface area contributed by atoms with E-state index in [9.17, 15) is 0 Å². The Morgan fingerprint density at radius 2 is 1.54 bits per heavy atom. The van der Waals surface area contributed by atoms with Crippen LogP contribution in [0.1, 0.15) is 44.9 Å². The topological polar surface area (TPSA) is 25.8 Å². The fourth-order valence-corrected chi connectivity index (χ4v) is 8.63. The Morgan fingerprint density at radius 1 is 0.729 bits per heavy atom. The van der Waals surface area contributed by atoms with E-state index in [1.807, 2.05) is 60.1 Å². The number of nitrogens with zero attached hydrogens (tertiary/aromatic N) is 2. The van der Waals surface area contributed by atoms with Crippen molar-refractivity contribution in [2.24, 2.45) is 0 Å². The van der Waals surface area contributed by atoms with E-state index in [1.165, 1.54) is 42.9 Å². The van der Waals surface area contributed by atoms with E-state index in [1.54, 1.807) is 0 Å². The molecule has 1 aliphatic rings. The van der Waals surface area contributed by atoms with Gasteiger partial charge < -0.3 is 9.97 Å². The fourth-order valence-electron chi connectivity index (χ4n) is 6.35. The predicted octanol–water partition coefficient (Wildman–Crippen LogP) is 11.7. The van der Waals surface area contributed by atoms with Gasteiger partial charge in [0.1, 0.15) is 0 Å². The largest absolute Gasteiger partial charge is 0.305 e.